The van der Waals surface area contributed by atoms with Crippen LogP contribution in [0.25, 0.3) is 0 Å². The highest BCUT2D eigenvalue weighted by Gasteiger charge is 2.27. The summed E-state index contributed by atoms with van der Waals surface area (Å²) in [6.07, 6.45) is 2.76. The van der Waals surface area contributed by atoms with Gasteiger partial charge in [-0.15, -0.1) is 0 Å². The Balaban J connectivity index is 1.91. The summed E-state index contributed by atoms with van der Waals surface area (Å²) in [6.45, 7) is 6.51. The minimum absolute atomic E-state index is 0.0259. The number of rotatable bonds is 4. The van der Waals surface area contributed by atoms with Gasteiger partial charge in [-0.3, -0.25) is 9.59 Å². The van der Waals surface area contributed by atoms with Crippen LogP contribution >= 0.6 is 0 Å². The number of nitrogens with one attached hydrogen (secondary N) is 2. The van der Waals surface area contributed by atoms with Crippen LogP contribution in [0.5, 0.6) is 0 Å². The Hall–Kier alpha value is -2.63. The third-order valence-electron chi connectivity index (χ3n) is 4.23. The standard InChI is InChI=1S/C19H24N4O2/c1-12(2)20-18(24)16-15-9-4-5-10-23(15)17(22-16)19(25)21-14-8-6-7-13(3)11-14/h6-8,11-12H,4-5,9-10H2,1-3H3,(H,20,24)(H,21,25). The van der Waals surface area contributed by atoms with E-state index in [1.807, 2.05) is 49.6 Å². The largest absolute Gasteiger partial charge is 0.348 e. The van der Waals surface area contributed by atoms with E-state index in [0.29, 0.717) is 18.1 Å². The van der Waals surface area contributed by atoms with Crippen LogP contribution in [-0.2, 0) is 13.0 Å². The van der Waals surface area contributed by atoms with Crippen molar-refractivity contribution in [2.45, 2.75) is 52.6 Å². The first-order valence-electron chi connectivity index (χ1n) is 8.74. The monoisotopic (exact) mass is 340 g/mol. The van der Waals surface area contributed by atoms with Crippen molar-refractivity contribution < 1.29 is 9.59 Å². The zero-order valence-electron chi connectivity index (χ0n) is 14.9. The van der Waals surface area contributed by atoms with Crippen LogP contribution in [0, 0.1) is 6.92 Å². The predicted octanol–water partition coefficient (Wildman–Crippen LogP) is 2.92. The smallest absolute Gasteiger partial charge is 0.291 e. The van der Waals surface area contributed by atoms with E-state index in [-0.39, 0.29) is 17.9 Å². The van der Waals surface area contributed by atoms with E-state index in [4.69, 9.17) is 0 Å². The first-order chi connectivity index (χ1) is 12.0. The SMILES string of the molecule is Cc1cccc(NC(=O)c2nc(C(=O)NC(C)C)c3n2CCCC3)c1. The summed E-state index contributed by atoms with van der Waals surface area (Å²) in [6, 6.07) is 7.65. The molecule has 132 valence electrons. The summed E-state index contributed by atoms with van der Waals surface area (Å²) < 4.78 is 1.89. The fourth-order valence-corrected chi connectivity index (χ4v) is 3.14. The molecule has 0 saturated heterocycles. The Kier molecular flexibility index (Phi) is 4.88. The van der Waals surface area contributed by atoms with E-state index in [0.717, 1.165) is 36.2 Å². The van der Waals surface area contributed by atoms with E-state index in [9.17, 15) is 9.59 Å². The maximum Gasteiger partial charge on any atom is 0.291 e. The summed E-state index contributed by atoms with van der Waals surface area (Å²) in [5.74, 6) is -0.183. The maximum absolute atomic E-state index is 12.7. The van der Waals surface area contributed by atoms with Gasteiger partial charge in [0.25, 0.3) is 11.8 Å². The third kappa shape index (κ3) is 3.73. The molecule has 2 aromatic rings. The quantitative estimate of drug-likeness (QED) is 0.898. The molecule has 1 aliphatic rings. The molecule has 6 nitrogen and oxygen atoms in total. The highest BCUT2D eigenvalue weighted by atomic mass is 16.2. The molecule has 25 heavy (non-hydrogen) atoms. The van der Waals surface area contributed by atoms with Gasteiger partial charge >= 0.3 is 0 Å². The number of imidazole rings is 1. The van der Waals surface area contributed by atoms with Crippen LogP contribution in [-0.4, -0.2) is 27.4 Å². The number of anilines is 1. The Morgan fingerprint density at radius 3 is 2.72 bits per heavy atom. The predicted molar refractivity (Wildman–Crippen MR) is 96.9 cm³/mol. The molecular weight excluding hydrogens is 316 g/mol. The van der Waals surface area contributed by atoms with Crippen LogP contribution in [0.3, 0.4) is 0 Å². The van der Waals surface area contributed by atoms with Gasteiger partial charge in [0.15, 0.2) is 5.82 Å². The summed E-state index contributed by atoms with van der Waals surface area (Å²) in [4.78, 5) is 29.6. The first-order valence-corrected chi connectivity index (χ1v) is 8.74. The van der Waals surface area contributed by atoms with E-state index in [1.165, 1.54) is 0 Å². The van der Waals surface area contributed by atoms with Gasteiger partial charge in [0.1, 0.15) is 5.69 Å². The van der Waals surface area contributed by atoms with E-state index < -0.39 is 0 Å². The number of aryl methyl sites for hydroxylation is 1. The number of hydrogen-bond donors (Lipinski definition) is 2. The number of aromatic nitrogens is 2. The van der Waals surface area contributed by atoms with E-state index in [1.54, 1.807) is 0 Å². The lowest BCUT2D eigenvalue weighted by atomic mass is 10.1. The molecule has 0 atom stereocenters. The molecule has 0 bridgehead atoms. The van der Waals surface area contributed by atoms with Gasteiger partial charge < -0.3 is 15.2 Å². The Bertz CT molecular complexity index is 808. The molecule has 1 aliphatic heterocycles. The van der Waals surface area contributed by atoms with Crippen LogP contribution in [0.4, 0.5) is 5.69 Å². The fourth-order valence-electron chi connectivity index (χ4n) is 3.14. The molecule has 6 heteroatoms. The molecule has 2 amide bonds. The molecular formula is C19H24N4O2. The summed E-state index contributed by atoms with van der Waals surface area (Å²) in [7, 11) is 0. The molecule has 0 spiro atoms. The lowest BCUT2D eigenvalue weighted by molar-refractivity contribution is 0.0937. The van der Waals surface area contributed by atoms with Crippen molar-refractivity contribution in [3.63, 3.8) is 0 Å². The Morgan fingerprint density at radius 1 is 1.20 bits per heavy atom. The molecule has 0 saturated carbocycles. The van der Waals surface area contributed by atoms with Crippen molar-refractivity contribution in [2.24, 2.45) is 0 Å². The zero-order chi connectivity index (χ0) is 18.0. The molecule has 2 N–H and O–H groups in total. The number of amides is 2. The molecule has 0 radical (unpaired) electrons. The highest BCUT2D eigenvalue weighted by Crippen LogP contribution is 2.22. The van der Waals surface area contributed by atoms with Crippen LogP contribution in [0.2, 0.25) is 0 Å². The van der Waals surface area contributed by atoms with Crippen LogP contribution < -0.4 is 10.6 Å². The van der Waals surface area contributed by atoms with Crippen molar-refractivity contribution in [3.8, 4) is 0 Å². The number of carbonyl (C=O) groups is 2. The van der Waals surface area contributed by atoms with Gasteiger partial charge in [0, 0.05) is 18.3 Å². The normalized spacial score (nSPS) is 13.4. The number of fused-ring (bicyclic) bond motifs is 1. The number of carbonyl (C=O) groups excluding carboxylic acids is 2. The Labute approximate surface area is 147 Å². The van der Waals surface area contributed by atoms with E-state index >= 15 is 0 Å². The second kappa shape index (κ2) is 7.09. The summed E-state index contributed by atoms with van der Waals surface area (Å²) in [5, 5.41) is 5.76. The molecule has 1 aromatic carbocycles. The number of benzene rings is 1. The van der Waals surface area contributed by atoms with Crippen molar-refractivity contribution in [1.82, 2.24) is 14.9 Å². The Morgan fingerprint density at radius 2 is 2.00 bits per heavy atom. The minimum atomic E-state index is -0.280. The third-order valence-corrected chi connectivity index (χ3v) is 4.23. The molecule has 0 aliphatic carbocycles. The van der Waals surface area contributed by atoms with Crippen LogP contribution in [0.15, 0.2) is 24.3 Å². The summed E-state index contributed by atoms with van der Waals surface area (Å²) >= 11 is 0. The van der Waals surface area contributed by atoms with Crippen LogP contribution in [0.1, 0.15) is 59.1 Å². The summed E-state index contributed by atoms with van der Waals surface area (Å²) in [5.41, 5.74) is 3.04. The molecule has 3 rings (SSSR count). The number of hydrogen-bond acceptors (Lipinski definition) is 3. The fraction of sp³-hybridized carbons (Fsp3) is 0.421. The molecule has 1 aromatic heterocycles. The molecule has 0 unspecified atom stereocenters. The molecule has 2 heterocycles. The zero-order valence-corrected chi connectivity index (χ0v) is 14.9. The van der Waals surface area contributed by atoms with Crippen molar-refractivity contribution >= 4 is 17.5 Å². The molecule has 0 fully saturated rings. The lowest BCUT2D eigenvalue weighted by Crippen LogP contribution is -2.31. The van der Waals surface area contributed by atoms with Gasteiger partial charge in [-0.2, -0.15) is 0 Å². The lowest BCUT2D eigenvalue weighted by Gasteiger charge is -2.17. The maximum atomic E-state index is 12.7. The van der Waals surface area contributed by atoms with Gasteiger partial charge in [0.2, 0.25) is 0 Å². The van der Waals surface area contributed by atoms with Gasteiger partial charge in [0.05, 0.1) is 5.69 Å². The van der Waals surface area contributed by atoms with Gasteiger partial charge in [-0.05, 0) is 57.7 Å². The van der Waals surface area contributed by atoms with Gasteiger partial charge in [-0.1, -0.05) is 12.1 Å². The first kappa shape index (κ1) is 17.2. The average molecular weight is 340 g/mol. The second-order valence-corrected chi connectivity index (χ2v) is 6.79. The van der Waals surface area contributed by atoms with Crippen molar-refractivity contribution in [2.75, 3.05) is 5.32 Å². The minimum Gasteiger partial charge on any atom is -0.348 e. The van der Waals surface area contributed by atoms with E-state index in [2.05, 4.69) is 15.6 Å². The van der Waals surface area contributed by atoms with Gasteiger partial charge in [-0.25, -0.2) is 4.98 Å². The second-order valence-electron chi connectivity index (χ2n) is 6.79. The number of nitrogens with zero attached hydrogens (tertiary/aromatic N) is 2. The average Bonchev–Trinajstić information content (AvgIpc) is 2.94. The van der Waals surface area contributed by atoms with Crippen molar-refractivity contribution in [3.05, 3.63) is 47.0 Å². The van der Waals surface area contributed by atoms with Crippen molar-refractivity contribution in [1.29, 1.82) is 0 Å². The topological polar surface area (TPSA) is 76.0 Å². The highest BCUT2D eigenvalue weighted by molar-refractivity contribution is 6.03.